The van der Waals surface area contributed by atoms with Crippen LogP contribution in [0.4, 0.5) is 0 Å². The summed E-state index contributed by atoms with van der Waals surface area (Å²) in [5.41, 5.74) is 3.13. The Bertz CT molecular complexity index is 1040. The van der Waals surface area contributed by atoms with Crippen LogP contribution in [0, 0.1) is 16.7 Å². The molecule has 0 aliphatic heterocycles. The van der Waals surface area contributed by atoms with E-state index in [-0.39, 0.29) is 5.41 Å². The molecule has 1 aromatic heterocycles. The van der Waals surface area contributed by atoms with Gasteiger partial charge < -0.3 is 5.11 Å². The van der Waals surface area contributed by atoms with Gasteiger partial charge in [0.25, 0.3) is 0 Å². The van der Waals surface area contributed by atoms with Crippen LogP contribution in [0.25, 0.3) is 11.1 Å². The highest BCUT2D eigenvalue weighted by molar-refractivity contribution is 5.65. The lowest BCUT2D eigenvalue weighted by Gasteiger charge is -2.41. The third-order valence-electron chi connectivity index (χ3n) is 6.20. The summed E-state index contributed by atoms with van der Waals surface area (Å²) in [6, 6.07) is 22.6. The van der Waals surface area contributed by atoms with Crippen molar-refractivity contribution >= 4 is 0 Å². The fraction of sp³-hybridized carbons (Fsp3) is 0.308. The number of nitriles is 1. The normalized spacial score (nSPS) is 17.2. The van der Waals surface area contributed by atoms with Crippen molar-refractivity contribution in [3.63, 3.8) is 0 Å². The summed E-state index contributed by atoms with van der Waals surface area (Å²) in [6.45, 7) is 6.11. The van der Waals surface area contributed by atoms with E-state index >= 15 is 0 Å². The maximum atomic E-state index is 11.7. The first-order valence-electron chi connectivity index (χ1n) is 10.1. The van der Waals surface area contributed by atoms with Crippen LogP contribution in [0.2, 0.25) is 0 Å². The molecule has 3 heteroatoms. The van der Waals surface area contributed by atoms with Crippen LogP contribution < -0.4 is 0 Å². The number of benzene rings is 2. The van der Waals surface area contributed by atoms with Gasteiger partial charge in [0.05, 0.1) is 11.5 Å². The molecule has 29 heavy (non-hydrogen) atoms. The molecule has 0 saturated heterocycles. The number of pyridine rings is 1. The smallest absolute Gasteiger partial charge is 0.121 e. The van der Waals surface area contributed by atoms with E-state index in [1.165, 1.54) is 0 Å². The third-order valence-corrected chi connectivity index (χ3v) is 6.20. The molecule has 2 aromatic carbocycles. The molecule has 4 rings (SSSR count). The second kappa shape index (κ2) is 6.83. The lowest BCUT2D eigenvalue weighted by atomic mass is 9.68. The highest BCUT2D eigenvalue weighted by Crippen LogP contribution is 2.48. The van der Waals surface area contributed by atoms with Gasteiger partial charge in [0.2, 0.25) is 0 Å². The van der Waals surface area contributed by atoms with E-state index in [2.05, 4.69) is 47.5 Å². The molecule has 1 saturated carbocycles. The molecule has 3 nitrogen and oxygen atoms in total. The molecule has 0 amide bonds. The van der Waals surface area contributed by atoms with Crippen LogP contribution in [0.5, 0.6) is 0 Å². The Morgan fingerprint density at radius 1 is 0.897 bits per heavy atom. The number of hydrogen-bond acceptors (Lipinski definition) is 3. The van der Waals surface area contributed by atoms with Gasteiger partial charge in [-0.3, -0.25) is 4.98 Å². The molecule has 0 spiro atoms. The van der Waals surface area contributed by atoms with E-state index in [0.717, 1.165) is 40.7 Å². The molecule has 1 aliphatic rings. The van der Waals surface area contributed by atoms with E-state index < -0.39 is 11.0 Å². The van der Waals surface area contributed by atoms with Crippen molar-refractivity contribution in [2.24, 2.45) is 5.41 Å². The van der Waals surface area contributed by atoms with E-state index in [4.69, 9.17) is 0 Å². The fourth-order valence-electron chi connectivity index (χ4n) is 4.09. The molecule has 0 bridgehead atoms. The Hall–Kier alpha value is -2.96. The fourth-order valence-corrected chi connectivity index (χ4v) is 4.09. The third kappa shape index (κ3) is 3.24. The second-order valence-electron chi connectivity index (χ2n) is 9.05. The van der Waals surface area contributed by atoms with Crippen molar-refractivity contribution in [1.29, 1.82) is 5.26 Å². The molecule has 1 N–H and O–H groups in total. The van der Waals surface area contributed by atoms with Crippen LogP contribution in [0.3, 0.4) is 0 Å². The van der Waals surface area contributed by atoms with Crippen LogP contribution >= 0.6 is 0 Å². The van der Waals surface area contributed by atoms with Gasteiger partial charge in [0, 0.05) is 18.0 Å². The van der Waals surface area contributed by atoms with Crippen molar-refractivity contribution in [3.05, 3.63) is 89.7 Å². The van der Waals surface area contributed by atoms with Gasteiger partial charge in [0.1, 0.15) is 5.60 Å². The molecule has 1 unspecified atom stereocenters. The predicted molar refractivity (Wildman–Crippen MR) is 115 cm³/mol. The molecule has 1 fully saturated rings. The Balaban J connectivity index is 1.67. The lowest BCUT2D eigenvalue weighted by Crippen LogP contribution is -2.41. The van der Waals surface area contributed by atoms with E-state index in [9.17, 15) is 10.4 Å². The maximum Gasteiger partial charge on any atom is 0.121 e. The van der Waals surface area contributed by atoms with Crippen molar-refractivity contribution in [1.82, 2.24) is 4.98 Å². The topological polar surface area (TPSA) is 56.9 Å². The van der Waals surface area contributed by atoms with E-state index in [1.807, 2.05) is 45.0 Å². The molecular formula is C26H26N2O. The summed E-state index contributed by atoms with van der Waals surface area (Å²) in [5.74, 6) is 0. The van der Waals surface area contributed by atoms with Gasteiger partial charge in [-0.05, 0) is 46.6 Å². The number of nitrogens with zero attached hydrogens (tertiary/aromatic N) is 2. The minimum Gasteiger partial charge on any atom is -0.380 e. The molecule has 1 heterocycles. The molecular weight excluding hydrogens is 356 g/mol. The highest BCUT2D eigenvalue weighted by Gasteiger charge is 2.45. The first-order valence-corrected chi connectivity index (χ1v) is 10.1. The Morgan fingerprint density at radius 3 is 1.93 bits per heavy atom. The number of rotatable bonds is 4. The molecule has 146 valence electrons. The first kappa shape index (κ1) is 19.4. The minimum atomic E-state index is -1.14. The summed E-state index contributed by atoms with van der Waals surface area (Å²) in [4.78, 5) is 4.21. The van der Waals surface area contributed by atoms with Gasteiger partial charge in [0.15, 0.2) is 0 Å². The van der Waals surface area contributed by atoms with Crippen LogP contribution in [-0.4, -0.2) is 10.1 Å². The van der Waals surface area contributed by atoms with Gasteiger partial charge in [-0.1, -0.05) is 75.4 Å². The second-order valence-corrected chi connectivity index (χ2v) is 9.05. The van der Waals surface area contributed by atoms with Crippen LogP contribution in [0.1, 0.15) is 50.3 Å². The number of aromatic nitrogens is 1. The largest absolute Gasteiger partial charge is 0.380 e. The van der Waals surface area contributed by atoms with Gasteiger partial charge in [-0.25, -0.2) is 0 Å². The SMILES string of the molecule is CC(C)(C)C(O)(c1ccc(-c2ccc(C3(C#N)CC3)cc2)cc1)c1cccnc1. The minimum absolute atomic E-state index is 0.255. The number of hydrogen-bond donors (Lipinski definition) is 1. The zero-order valence-electron chi connectivity index (χ0n) is 17.2. The first-order chi connectivity index (χ1) is 13.8. The Kier molecular flexibility index (Phi) is 4.56. The lowest BCUT2D eigenvalue weighted by molar-refractivity contribution is -0.0261. The van der Waals surface area contributed by atoms with E-state index in [1.54, 1.807) is 12.4 Å². The van der Waals surface area contributed by atoms with Crippen LogP contribution in [-0.2, 0) is 11.0 Å². The van der Waals surface area contributed by atoms with Gasteiger partial charge in [-0.2, -0.15) is 5.26 Å². The zero-order valence-corrected chi connectivity index (χ0v) is 17.2. The van der Waals surface area contributed by atoms with Crippen molar-refractivity contribution in [3.8, 4) is 17.2 Å². The summed E-state index contributed by atoms with van der Waals surface area (Å²) in [6.07, 6.45) is 5.37. The average Bonchev–Trinajstić information content (AvgIpc) is 3.55. The summed E-state index contributed by atoms with van der Waals surface area (Å²) in [5, 5.41) is 21.1. The van der Waals surface area contributed by atoms with Gasteiger partial charge >= 0.3 is 0 Å². The summed E-state index contributed by atoms with van der Waals surface area (Å²) >= 11 is 0. The predicted octanol–water partition coefficient (Wildman–Crippen LogP) is 5.59. The Labute approximate surface area is 172 Å². The highest BCUT2D eigenvalue weighted by atomic mass is 16.3. The Morgan fingerprint density at radius 2 is 1.48 bits per heavy atom. The van der Waals surface area contributed by atoms with Crippen LogP contribution in [0.15, 0.2) is 73.1 Å². The quantitative estimate of drug-likeness (QED) is 0.640. The molecule has 1 aliphatic carbocycles. The monoisotopic (exact) mass is 382 g/mol. The standard InChI is InChI=1S/C26H26N2O/c1-24(2,3)26(29,23-5-4-16-28-17-23)22-12-8-20(9-13-22)19-6-10-21(11-7-19)25(18-27)14-15-25/h4-13,16-17,29H,14-15H2,1-3H3. The maximum absolute atomic E-state index is 11.7. The number of aliphatic hydroxyl groups is 1. The summed E-state index contributed by atoms with van der Waals surface area (Å²) < 4.78 is 0. The van der Waals surface area contributed by atoms with Crippen molar-refractivity contribution in [2.45, 2.75) is 44.6 Å². The van der Waals surface area contributed by atoms with Gasteiger partial charge in [-0.15, -0.1) is 0 Å². The summed E-state index contributed by atoms with van der Waals surface area (Å²) in [7, 11) is 0. The molecule has 0 radical (unpaired) electrons. The zero-order chi connectivity index (χ0) is 20.7. The molecule has 3 aromatic rings. The van der Waals surface area contributed by atoms with E-state index in [0.29, 0.717) is 0 Å². The van der Waals surface area contributed by atoms with Crippen molar-refractivity contribution in [2.75, 3.05) is 0 Å². The molecule has 1 atom stereocenters. The average molecular weight is 383 g/mol. The van der Waals surface area contributed by atoms with Crippen molar-refractivity contribution < 1.29 is 5.11 Å².